The molecule has 24 heavy (non-hydrogen) atoms. The molecule has 0 spiro atoms. The second kappa shape index (κ2) is 4.60. The summed E-state index contributed by atoms with van der Waals surface area (Å²) in [4.78, 5) is 9.64. The molecule has 1 aromatic rings. The van der Waals surface area contributed by atoms with Crippen molar-refractivity contribution in [3.63, 3.8) is 0 Å². The molecule has 0 aliphatic heterocycles. The first-order valence-electron chi connectivity index (χ1n) is 7.36. The van der Waals surface area contributed by atoms with Gasteiger partial charge in [-0.1, -0.05) is 19.4 Å². The van der Waals surface area contributed by atoms with Gasteiger partial charge in [0.25, 0.3) is 0 Å². The molecule has 0 radical (unpaired) electrons. The zero-order chi connectivity index (χ0) is 18.0. The van der Waals surface area contributed by atoms with Gasteiger partial charge < -0.3 is 11.1 Å². The minimum absolute atomic E-state index is 0.0422. The minimum Gasteiger partial charge on any atom is -0.327 e. The molecule has 2 bridgehead atoms. The number of nitrogens with one attached hydrogen (secondary N) is 1. The maximum absolute atomic E-state index is 13.3. The van der Waals surface area contributed by atoms with Crippen LogP contribution in [0.5, 0.6) is 0 Å². The van der Waals surface area contributed by atoms with Crippen LogP contribution in [-0.2, 0) is 4.79 Å². The maximum atomic E-state index is 13.3. The molecule has 0 aromatic heterocycles. The molecule has 2 aliphatic carbocycles. The predicted octanol–water partition coefficient (Wildman–Crippen LogP) is 4.80. The van der Waals surface area contributed by atoms with E-state index >= 15 is 0 Å². The van der Waals surface area contributed by atoms with Gasteiger partial charge in [-0.15, -0.1) is 0 Å². The Bertz CT molecular complexity index is 705. The van der Waals surface area contributed by atoms with Gasteiger partial charge in [-0.25, -0.2) is 4.39 Å². The van der Waals surface area contributed by atoms with Crippen molar-refractivity contribution in [2.45, 2.75) is 30.2 Å². The van der Waals surface area contributed by atoms with Crippen LogP contribution in [0.15, 0.2) is 23.1 Å². The average molecular weight is 374 g/mol. The molecule has 2 aliphatic rings. The van der Waals surface area contributed by atoms with E-state index in [4.69, 9.17) is 5.73 Å². The van der Waals surface area contributed by atoms with Crippen LogP contribution in [0.2, 0.25) is 0 Å². The Balaban J connectivity index is 1.86. The molecule has 10 heteroatoms. The summed E-state index contributed by atoms with van der Waals surface area (Å²) in [5.41, 5.74) is 5.44. The number of halogens is 6. The number of anilines is 1. The summed E-state index contributed by atoms with van der Waals surface area (Å²) in [5.74, 6) is -3.03. The van der Waals surface area contributed by atoms with E-state index in [0.717, 1.165) is 25.3 Å². The van der Waals surface area contributed by atoms with E-state index in [9.17, 15) is 28.6 Å². The monoisotopic (exact) mass is 374 g/mol. The van der Waals surface area contributed by atoms with Gasteiger partial charge in [-0.2, -0.15) is 0 Å². The van der Waals surface area contributed by atoms with Crippen molar-refractivity contribution in [3.05, 3.63) is 24.0 Å². The molecule has 3 nitrogen and oxygen atoms in total. The highest BCUT2D eigenvalue weighted by Crippen LogP contribution is 3.02. The number of rotatable bonds is 3. The van der Waals surface area contributed by atoms with Crippen LogP contribution in [0.25, 0.3) is 0 Å². The van der Waals surface area contributed by atoms with Crippen molar-refractivity contribution in [2.24, 2.45) is 23.5 Å². The molecule has 0 saturated heterocycles. The molecule has 0 unspecified atom stereocenters. The quantitative estimate of drug-likeness (QED) is 0.747. The molecule has 3 N–H and O–H groups in total. The first kappa shape index (κ1) is 17.4. The summed E-state index contributed by atoms with van der Waals surface area (Å²) in [7, 11) is -10.2. The normalized spacial score (nSPS) is 32.3. The van der Waals surface area contributed by atoms with Crippen LogP contribution in [-0.4, -0.2) is 11.9 Å². The van der Waals surface area contributed by atoms with Crippen molar-refractivity contribution in [3.8, 4) is 0 Å². The number of carbonyl (C=O) groups excluding carboxylic acids is 1. The number of benzene rings is 1. The third kappa shape index (κ3) is 3.08. The van der Waals surface area contributed by atoms with Gasteiger partial charge in [0.15, 0.2) is 0 Å². The van der Waals surface area contributed by atoms with E-state index in [1.54, 1.807) is 0 Å². The first-order chi connectivity index (χ1) is 10.8. The summed E-state index contributed by atoms with van der Waals surface area (Å²) >= 11 is 0. The average Bonchev–Trinajstić information content (AvgIpc) is 2.98. The Morgan fingerprint density at radius 3 is 2.29 bits per heavy atom. The van der Waals surface area contributed by atoms with E-state index < -0.39 is 44.5 Å². The molecule has 0 heterocycles. The zero-order valence-corrected chi connectivity index (χ0v) is 13.1. The Morgan fingerprint density at radius 1 is 1.12 bits per heavy atom. The fraction of sp³-hybridized carbons (Fsp3) is 0.500. The van der Waals surface area contributed by atoms with Crippen molar-refractivity contribution >= 4 is 21.8 Å². The van der Waals surface area contributed by atoms with E-state index in [2.05, 4.69) is 5.32 Å². The van der Waals surface area contributed by atoms with Gasteiger partial charge in [0.05, 0.1) is 5.92 Å². The number of carbonyl (C=O) groups is 1. The van der Waals surface area contributed by atoms with E-state index in [1.165, 1.54) is 0 Å². The second-order valence-corrected chi connectivity index (χ2v) is 8.92. The van der Waals surface area contributed by atoms with E-state index in [1.807, 2.05) is 0 Å². The summed E-state index contributed by atoms with van der Waals surface area (Å²) in [6.45, 7) is 0. The fourth-order valence-electron chi connectivity index (χ4n) is 3.83. The molecule has 1 amide bonds. The number of amides is 1. The Morgan fingerprint density at radius 2 is 1.75 bits per heavy atom. The van der Waals surface area contributed by atoms with E-state index in [0.29, 0.717) is 0 Å². The molecule has 2 fully saturated rings. The lowest BCUT2D eigenvalue weighted by atomic mass is 9.84. The zero-order valence-electron chi connectivity index (χ0n) is 12.3. The van der Waals surface area contributed by atoms with E-state index in [-0.39, 0.29) is 24.0 Å². The lowest BCUT2D eigenvalue weighted by Gasteiger charge is -2.40. The summed E-state index contributed by atoms with van der Waals surface area (Å²) < 4.78 is 77.5. The Kier molecular flexibility index (Phi) is 3.34. The van der Waals surface area contributed by atoms with Crippen LogP contribution < -0.4 is 11.1 Å². The van der Waals surface area contributed by atoms with Crippen molar-refractivity contribution in [1.82, 2.24) is 0 Å². The molecular weight excluding hydrogens is 358 g/mol. The third-order valence-electron chi connectivity index (χ3n) is 4.90. The fourth-order valence-corrected chi connectivity index (χ4v) is 4.61. The molecular formula is C14H16F6N2OS. The highest BCUT2D eigenvalue weighted by molar-refractivity contribution is 8.45. The van der Waals surface area contributed by atoms with Crippen LogP contribution in [0.3, 0.4) is 0 Å². The molecule has 136 valence electrons. The van der Waals surface area contributed by atoms with Crippen LogP contribution in [0, 0.1) is 23.6 Å². The Labute approximate surface area is 134 Å². The van der Waals surface area contributed by atoms with Crippen molar-refractivity contribution < 1.29 is 28.6 Å². The lowest BCUT2D eigenvalue weighted by molar-refractivity contribution is -0.121. The largest absolute Gasteiger partial charge is 0.327 e. The van der Waals surface area contributed by atoms with Crippen LogP contribution >= 0.6 is 10.2 Å². The third-order valence-corrected chi connectivity index (χ3v) is 6.04. The molecule has 3 rings (SSSR count). The standard InChI is InChI=1S/C14H16F6N2OS/c15-10-4-3-9(6-11(10)24(16,17,18,19)20)22-14(23)12-7-1-2-8(5-7)13(12)21/h3-4,6-8,12-13H,1-2,5,21H2,(H,22,23)/t7-,8+,12-,13+/m0/s1. The molecule has 1 aromatic carbocycles. The summed E-state index contributed by atoms with van der Waals surface area (Å²) in [6, 6.07) is 0.620. The number of fused-ring (bicyclic) bond motifs is 2. The smallest absolute Gasteiger partial charge is 0.313 e. The number of nitrogens with two attached hydrogens (primary N) is 1. The van der Waals surface area contributed by atoms with Gasteiger partial charge in [0.2, 0.25) is 5.91 Å². The minimum atomic E-state index is -10.2. The van der Waals surface area contributed by atoms with Crippen LogP contribution in [0.4, 0.5) is 29.5 Å². The number of hydrogen-bond acceptors (Lipinski definition) is 2. The molecule has 4 atom stereocenters. The van der Waals surface area contributed by atoms with Gasteiger partial charge in [0, 0.05) is 11.7 Å². The van der Waals surface area contributed by atoms with Gasteiger partial charge >= 0.3 is 10.2 Å². The van der Waals surface area contributed by atoms with Gasteiger partial charge in [-0.05, 0) is 49.3 Å². The molecule has 2 saturated carbocycles. The van der Waals surface area contributed by atoms with Crippen LogP contribution in [0.1, 0.15) is 19.3 Å². The van der Waals surface area contributed by atoms with Gasteiger partial charge in [0.1, 0.15) is 10.7 Å². The lowest BCUT2D eigenvalue weighted by Crippen LogP contribution is -2.42. The maximum Gasteiger partial charge on any atom is 0.313 e. The highest BCUT2D eigenvalue weighted by Gasteiger charge is 2.67. The topological polar surface area (TPSA) is 55.1 Å². The Hall–Kier alpha value is -1.42. The summed E-state index contributed by atoms with van der Waals surface area (Å²) in [6.07, 6.45) is 2.48. The van der Waals surface area contributed by atoms with Crippen molar-refractivity contribution in [1.29, 1.82) is 0 Å². The second-order valence-electron chi connectivity index (χ2n) is 6.54. The SMILES string of the molecule is N[C@@H]1[C@@H]2CC[C@@H](C2)[C@@H]1C(=O)Nc1ccc(F)c(S(F)(F)(F)(F)F)c1. The van der Waals surface area contributed by atoms with Gasteiger partial charge in [-0.3, -0.25) is 4.79 Å². The highest BCUT2D eigenvalue weighted by atomic mass is 32.5. The predicted molar refractivity (Wildman–Crippen MR) is 78.7 cm³/mol. The number of hydrogen-bond donors (Lipinski definition) is 2. The van der Waals surface area contributed by atoms with Crippen molar-refractivity contribution in [2.75, 3.05) is 5.32 Å². The summed E-state index contributed by atoms with van der Waals surface area (Å²) in [5, 5.41) is 2.17. The first-order valence-corrected chi connectivity index (χ1v) is 9.31.